The van der Waals surface area contributed by atoms with Crippen LogP contribution in [-0.4, -0.2) is 37.4 Å². The summed E-state index contributed by atoms with van der Waals surface area (Å²) >= 11 is 6.14. The van der Waals surface area contributed by atoms with Gasteiger partial charge in [0.25, 0.3) is 6.43 Å². The number of alkyl halides is 2. The topological polar surface area (TPSA) is 18.8 Å². The quantitative estimate of drug-likeness (QED) is 0.828. The van der Waals surface area contributed by atoms with Gasteiger partial charge in [-0.3, -0.25) is 0 Å². The molecule has 6 heteroatoms. The van der Waals surface area contributed by atoms with E-state index in [0.29, 0.717) is 17.5 Å². The Morgan fingerprint density at radius 2 is 1.96 bits per heavy atom. The number of amidine groups is 1. The summed E-state index contributed by atoms with van der Waals surface area (Å²) in [6.45, 7) is 0.00645. The van der Waals surface area contributed by atoms with Crippen LogP contribution in [0.25, 0.3) is 0 Å². The fraction of sp³-hybridized carbons (Fsp3) is 0.235. The highest BCUT2D eigenvalue weighted by molar-refractivity contribution is 6.31. The first-order valence-electron chi connectivity index (χ1n) is 7.22. The third kappa shape index (κ3) is 3.29. The van der Waals surface area contributed by atoms with Crippen LogP contribution in [0.3, 0.4) is 0 Å². The van der Waals surface area contributed by atoms with Crippen molar-refractivity contribution in [2.24, 2.45) is 4.99 Å². The van der Waals surface area contributed by atoms with Crippen LogP contribution in [0.15, 0.2) is 53.5 Å². The van der Waals surface area contributed by atoms with Crippen LogP contribution in [0.2, 0.25) is 5.02 Å². The highest BCUT2D eigenvalue weighted by atomic mass is 35.5. The maximum absolute atomic E-state index is 12.7. The highest BCUT2D eigenvalue weighted by Crippen LogP contribution is 2.34. The Bertz CT molecular complexity index is 719. The molecule has 0 radical (unpaired) electrons. The van der Waals surface area contributed by atoms with Crippen LogP contribution in [0, 0.1) is 0 Å². The number of benzene rings is 2. The predicted molar refractivity (Wildman–Crippen MR) is 90.1 cm³/mol. The van der Waals surface area contributed by atoms with Crippen molar-refractivity contribution in [3.05, 3.63) is 59.1 Å². The Kier molecular flexibility index (Phi) is 4.48. The molecule has 0 fully saturated rings. The number of aliphatic imine (C=N–C) groups is 1. The monoisotopic (exact) mass is 335 g/mol. The van der Waals surface area contributed by atoms with E-state index in [1.54, 1.807) is 13.1 Å². The van der Waals surface area contributed by atoms with Gasteiger partial charge in [-0.25, -0.2) is 13.8 Å². The summed E-state index contributed by atoms with van der Waals surface area (Å²) in [5.41, 5.74) is 2.65. The first-order chi connectivity index (χ1) is 11.1. The second-order valence-electron chi connectivity index (χ2n) is 5.32. The van der Waals surface area contributed by atoms with Gasteiger partial charge in [0, 0.05) is 23.3 Å². The molecular weight excluding hydrogens is 320 g/mol. The molecule has 0 aliphatic carbocycles. The number of rotatable bonds is 3. The smallest absolute Gasteiger partial charge is 0.255 e. The molecule has 2 aromatic rings. The fourth-order valence-corrected chi connectivity index (χ4v) is 2.83. The molecule has 0 bridgehead atoms. The zero-order chi connectivity index (χ0) is 16.4. The van der Waals surface area contributed by atoms with Crippen LogP contribution in [0.1, 0.15) is 5.56 Å². The minimum Gasteiger partial charge on any atom is -0.354 e. The lowest BCUT2D eigenvalue weighted by molar-refractivity contribution is 0.123. The van der Waals surface area contributed by atoms with E-state index >= 15 is 0 Å². The van der Waals surface area contributed by atoms with E-state index in [0.717, 1.165) is 16.9 Å². The van der Waals surface area contributed by atoms with Crippen molar-refractivity contribution in [3.8, 4) is 0 Å². The summed E-state index contributed by atoms with van der Waals surface area (Å²) in [7, 11) is 1.63. The molecule has 1 heterocycles. The molecule has 0 N–H and O–H groups in total. The number of hydrogen-bond donors (Lipinski definition) is 0. The number of nitrogens with zero attached hydrogens (tertiary/aromatic N) is 3. The normalized spacial score (nSPS) is 13.8. The lowest BCUT2D eigenvalue weighted by Gasteiger charge is -2.33. The maximum atomic E-state index is 12.7. The molecule has 23 heavy (non-hydrogen) atoms. The van der Waals surface area contributed by atoms with E-state index in [9.17, 15) is 8.78 Å². The number of fused-ring (bicyclic) bond motifs is 1. The van der Waals surface area contributed by atoms with E-state index in [1.165, 1.54) is 4.90 Å². The summed E-state index contributed by atoms with van der Waals surface area (Å²) in [6, 6.07) is 15.2. The van der Waals surface area contributed by atoms with Gasteiger partial charge < -0.3 is 9.80 Å². The van der Waals surface area contributed by atoms with Gasteiger partial charge in [0.1, 0.15) is 12.5 Å². The molecule has 3 nitrogen and oxygen atoms in total. The molecule has 120 valence electrons. The molecule has 0 saturated carbocycles. The second-order valence-corrected chi connectivity index (χ2v) is 5.76. The van der Waals surface area contributed by atoms with E-state index < -0.39 is 6.43 Å². The van der Waals surface area contributed by atoms with Crippen molar-refractivity contribution in [2.75, 3.05) is 25.2 Å². The third-order valence-electron chi connectivity index (χ3n) is 3.69. The fourth-order valence-electron chi connectivity index (χ4n) is 2.66. The first-order valence-corrected chi connectivity index (χ1v) is 7.60. The van der Waals surface area contributed by atoms with Crippen molar-refractivity contribution < 1.29 is 8.78 Å². The average Bonchev–Trinajstić information content (AvgIpc) is 2.53. The lowest BCUT2D eigenvalue weighted by Crippen LogP contribution is -2.37. The van der Waals surface area contributed by atoms with Crippen LogP contribution in [0.5, 0.6) is 0 Å². The van der Waals surface area contributed by atoms with Crippen molar-refractivity contribution in [1.29, 1.82) is 0 Å². The number of para-hydroxylation sites is 1. The number of halogens is 3. The molecule has 0 atom stereocenters. The Morgan fingerprint density at radius 3 is 2.65 bits per heavy atom. The lowest BCUT2D eigenvalue weighted by atomic mass is 10.1. The molecule has 0 spiro atoms. The van der Waals surface area contributed by atoms with Gasteiger partial charge in [-0.2, -0.15) is 0 Å². The summed E-state index contributed by atoms with van der Waals surface area (Å²) in [5, 5.41) is 0.599. The Balaban J connectivity index is 2.02. The molecule has 0 unspecified atom stereocenters. The summed E-state index contributed by atoms with van der Waals surface area (Å²) in [5.74, 6) is 0.559. The molecular formula is C17H16ClF2N3. The van der Waals surface area contributed by atoms with Crippen LogP contribution in [0.4, 0.5) is 20.2 Å². The summed E-state index contributed by atoms with van der Waals surface area (Å²) in [4.78, 5) is 8.00. The van der Waals surface area contributed by atoms with E-state index in [1.807, 2.05) is 47.4 Å². The van der Waals surface area contributed by atoms with Crippen molar-refractivity contribution >= 4 is 28.8 Å². The Morgan fingerprint density at radius 1 is 1.22 bits per heavy atom. The minimum absolute atomic E-state index is 0.355. The minimum atomic E-state index is -2.41. The molecule has 0 saturated heterocycles. The van der Waals surface area contributed by atoms with Crippen LogP contribution in [-0.2, 0) is 0 Å². The molecule has 2 aromatic carbocycles. The van der Waals surface area contributed by atoms with Gasteiger partial charge in [0.05, 0.1) is 12.2 Å². The Hall–Kier alpha value is -2.14. The standard InChI is InChI=1S/C17H16ClF2N3/c1-22(10-16(19)20)17-14-8-7-12(18)9-15(14)23(11-21-17)13-5-3-2-4-6-13/h2-9,16H,10-11H2,1H3. The SMILES string of the molecule is CN(CC(F)F)C1=NCN(c2ccccc2)c2cc(Cl)ccc21. The molecule has 1 aliphatic rings. The van der Waals surface area contributed by atoms with Gasteiger partial charge in [0.15, 0.2) is 0 Å². The molecule has 0 amide bonds. The summed E-state index contributed by atoms with van der Waals surface area (Å²) < 4.78 is 25.4. The van der Waals surface area contributed by atoms with Gasteiger partial charge in [-0.05, 0) is 30.3 Å². The average molecular weight is 336 g/mol. The molecule has 1 aliphatic heterocycles. The van der Waals surface area contributed by atoms with E-state index in [2.05, 4.69) is 4.99 Å². The highest BCUT2D eigenvalue weighted by Gasteiger charge is 2.24. The number of hydrogen-bond acceptors (Lipinski definition) is 3. The largest absolute Gasteiger partial charge is 0.354 e. The van der Waals surface area contributed by atoms with Crippen LogP contribution < -0.4 is 4.90 Å². The van der Waals surface area contributed by atoms with E-state index in [4.69, 9.17) is 11.6 Å². The van der Waals surface area contributed by atoms with Gasteiger partial charge >= 0.3 is 0 Å². The van der Waals surface area contributed by atoms with Crippen molar-refractivity contribution in [3.63, 3.8) is 0 Å². The molecule has 3 rings (SSSR count). The molecule has 0 aromatic heterocycles. The Labute approximate surface area is 138 Å². The van der Waals surface area contributed by atoms with Gasteiger partial charge in [-0.1, -0.05) is 29.8 Å². The van der Waals surface area contributed by atoms with Crippen LogP contribution >= 0.6 is 11.6 Å². The van der Waals surface area contributed by atoms with Crippen molar-refractivity contribution in [2.45, 2.75) is 6.43 Å². The zero-order valence-electron chi connectivity index (χ0n) is 12.6. The van der Waals surface area contributed by atoms with Crippen molar-refractivity contribution in [1.82, 2.24) is 4.90 Å². The number of anilines is 2. The van der Waals surface area contributed by atoms with E-state index in [-0.39, 0.29) is 6.54 Å². The predicted octanol–water partition coefficient (Wildman–Crippen LogP) is 4.39. The maximum Gasteiger partial charge on any atom is 0.255 e. The zero-order valence-corrected chi connectivity index (χ0v) is 13.3. The third-order valence-corrected chi connectivity index (χ3v) is 3.93. The van der Waals surface area contributed by atoms with Gasteiger partial charge in [-0.15, -0.1) is 0 Å². The summed E-state index contributed by atoms with van der Waals surface area (Å²) in [6.07, 6.45) is -2.41. The van der Waals surface area contributed by atoms with Gasteiger partial charge in [0.2, 0.25) is 0 Å². The second kappa shape index (κ2) is 6.54. The first kappa shape index (κ1) is 15.7.